The highest BCUT2D eigenvalue weighted by Gasteiger charge is 2.34. The van der Waals surface area contributed by atoms with E-state index < -0.39 is 5.41 Å². The number of benzene rings is 1. The van der Waals surface area contributed by atoms with E-state index in [2.05, 4.69) is 41.9 Å². The monoisotopic (exact) mass is 549 g/mol. The third-order valence-corrected chi connectivity index (χ3v) is 7.05. The molecule has 1 aliphatic carbocycles. The molecule has 2 aliphatic rings. The molecule has 0 radical (unpaired) electrons. The zero-order chi connectivity index (χ0) is 27.1. The molecule has 1 N–H and O–H groups in total. The second-order valence-corrected chi connectivity index (χ2v) is 11.4. The van der Waals surface area contributed by atoms with Crippen LogP contribution in [0.4, 0.5) is 12.0 Å². The number of aromatic nitrogens is 7. The standard InChI is InChI=1S/C26H28ClN9O3/c1-26(2,3)23(37)38-14-36-13-21(31-34-36)18-11-35(12-18)25-33-32-22(39-25)17-9-28-24(29-10-17)30-20-7-15-4-5-19(27)6-16(15)8-20/h4-6,9-10,13,18,20H,7-8,11-12,14H2,1-3H3,(H,28,29,30). The molecule has 0 saturated carbocycles. The zero-order valence-corrected chi connectivity index (χ0v) is 22.6. The van der Waals surface area contributed by atoms with Gasteiger partial charge < -0.3 is 19.4 Å². The van der Waals surface area contributed by atoms with Gasteiger partial charge in [-0.25, -0.2) is 14.6 Å². The van der Waals surface area contributed by atoms with E-state index in [9.17, 15) is 4.79 Å². The van der Waals surface area contributed by atoms with Crippen LogP contribution in [0.5, 0.6) is 0 Å². The quantitative estimate of drug-likeness (QED) is 0.339. The first-order valence-corrected chi connectivity index (χ1v) is 13.1. The predicted octanol–water partition coefficient (Wildman–Crippen LogP) is 3.50. The van der Waals surface area contributed by atoms with Crippen molar-refractivity contribution in [2.75, 3.05) is 23.3 Å². The molecule has 4 aromatic rings. The number of hydrogen-bond donors (Lipinski definition) is 1. The smallest absolute Gasteiger partial charge is 0.318 e. The highest BCUT2D eigenvalue weighted by Crippen LogP contribution is 2.32. The van der Waals surface area contributed by atoms with Crippen LogP contribution >= 0.6 is 11.6 Å². The van der Waals surface area contributed by atoms with E-state index in [-0.39, 0.29) is 24.7 Å². The number of fused-ring (bicyclic) bond motifs is 1. The van der Waals surface area contributed by atoms with E-state index in [4.69, 9.17) is 20.8 Å². The first-order chi connectivity index (χ1) is 18.7. The summed E-state index contributed by atoms with van der Waals surface area (Å²) in [6.45, 7) is 6.78. The fourth-order valence-electron chi connectivity index (χ4n) is 4.57. The van der Waals surface area contributed by atoms with Crippen LogP contribution in [-0.2, 0) is 29.1 Å². The Balaban J connectivity index is 1.01. The van der Waals surface area contributed by atoms with Crippen molar-refractivity contribution in [3.8, 4) is 11.5 Å². The van der Waals surface area contributed by atoms with Crippen LogP contribution in [0.2, 0.25) is 5.02 Å². The Hall–Kier alpha value is -4.06. The van der Waals surface area contributed by atoms with Gasteiger partial charge in [-0.1, -0.05) is 28.0 Å². The number of esters is 1. The molecule has 13 heteroatoms. The Bertz CT molecular complexity index is 1490. The summed E-state index contributed by atoms with van der Waals surface area (Å²) in [7, 11) is 0. The third kappa shape index (κ3) is 5.42. The second-order valence-electron chi connectivity index (χ2n) is 10.9. The molecule has 1 saturated heterocycles. The van der Waals surface area contributed by atoms with Gasteiger partial charge >= 0.3 is 12.0 Å². The van der Waals surface area contributed by atoms with E-state index in [0.29, 0.717) is 36.5 Å². The van der Waals surface area contributed by atoms with Gasteiger partial charge in [0.15, 0.2) is 6.73 Å². The minimum Gasteiger partial charge on any atom is -0.442 e. The average molecular weight is 550 g/mol. The van der Waals surface area contributed by atoms with E-state index in [1.165, 1.54) is 15.8 Å². The molecular weight excluding hydrogens is 522 g/mol. The van der Waals surface area contributed by atoms with Gasteiger partial charge in [-0.05, 0) is 56.9 Å². The maximum Gasteiger partial charge on any atom is 0.318 e. The lowest BCUT2D eigenvalue weighted by Crippen LogP contribution is -2.45. The highest BCUT2D eigenvalue weighted by molar-refractivity contribution is 6.30. The largest absolute Gasteiger partial charge is 0.442 e. The maximum absolute atomic E-state index is 12.0. The van der Waals surface area contributed by atoms with E-state index in [0.717, 1.165) is 23.6 Å². The molecular formula is C26H28ClN9O3. The first kappa shape index (κ1) is 25.2. The van der Waals surface area contributed by atoms with Crippen molar-refractivity contribution in [3.63, 3.8) is 0 Å². The van der Waals surface area contributed by atoms with Gasteiger partial charge in [0.25, 0.3) is 5.89 Å². The highest BCUT2D eigenvalue weighted by atomic mass is 35.5. The number of anilines is 2. The predicted molar refractivity (Wildman–Crippen MR) is 142 cm³/mol. The number of nitrogens with zero attached hydrogens (tertiary/aromatic N) is 8. The SMILES string of the molecule is CC(C)(C)C(=O)OCn1cc(C2CN(c3nnc(-c4cnc(NC5Cc6ccc(Cl)cc6C5)nc4)o3)C2)nn1. The number of carbonyl (C=O) groups excluding carboxylic acids is 1. The molecule has 1 aliphatic heterocycles. The van der Waals surface area contributed by atoms with Crippen molar-refractivity contribution in [1.82, 2.24) is 35.2 Å². The van der Waals surface area contributed by atoms with Crippen LogP contribution in [-0.4, -0.2) is 60.3 Å². The topological polar surface area (TPSA) is 137 Å². The van der Waals surface area contributed by atoms with Crippen LogP contribution in [0.15, 0.2) is 41.2 Å². The summed E-state index contributed by atoms with van der Waals surface area (Å²) in [5, 5.41) is 20.8. The maximum atomic E-state index is 12.0. The molecule has 3 aromatic heterocycles. The van der Waals surface area contributed by atoms with Crippen molar-refractivity contribution >= 4 is 29.5 Å². The fraction of sp³-hybridized carbons (Fsp3) is 0.423. The summed E-state index contributed by atoms with van der Waals surface area (Å²) in [4.78, 5) is 22.8. The number of nitrogens with one attached hydrogen (secondary N) is 1. The lowest BCUT2D eigenvalue weighted by atomic mass is 9.97. The number of rotatable bonds is 7. The van der Waals surface area contributed by atoms with Gasteiger partial charge in [-0.2, -0.15) is 0 Å². The van der Waals surface area contributed by atoms with Crippen LogP contribution in [0.25, 0.3) is 11.5 Å². The average Bonchev–Trinajstić information content (AvgIpc) is 3.61. The Kier molecular flexibility index (Phi) is 6.42. The Labute approximate surface area is 229 Å². The van der Waals surface area contributed by atoms with Crippen molar-refractivity contribution in [3.05, 3.63) is 58.6 Å². The molecule has 4 heterocycles. The van der Waals surface area contributed by atoms with E-state index >= 15 is 0 Å². The second kappa shape index (κ2) is 9.92. The van der Waals surface area contributed by atoms with Gasteiger partial charge in [-0.15, -0.1) is 10.2 Å². The molecule has 1 aromatic carbocycles. The molecule has 1 unspecified atom stereocenters. The van der Waals surface area contributed by atoms with E-state index in [1.807, 2.05) is 17.0 Å². The van der Waals surface area contributed by atoms with Gasteiger partial charge in [-0.3, -0.25) is 4.79 Å². The van der Waals surface area contributed by atoms with Gasteiger partial charge in [0, 0.05) is 42.5 Å². The lowest BCUT2D eigenvalue weighted by molar-refractivity contribution is -0.157. The Morgan fingerprint density at radius 3 is 2.67 bits per heavy atom. The molecule has 0 spiro atoms. The summed E-state index contributed by atoms with van der Waals surface area (Å²) in [5.41, 5.74) is 3.46. The molecule has 202 valence electrons. The summed E-state index contributed by atoms with van der Waals surface area (Å²) in [6, 6.07) is 6.67. The molecule has 12 nitrogen and oxygen atoms in total. The number of ether oxygens (including phenoxy) is 1. The van der Waals surface area contributed by atoms with Gasteiger partial charge in [0.1, 0.15) is 0 Å². The Morgan fingerprint density at radius 2 is 1.90 bits per heavy atom. The Morgan fingerprint density at radius 1 is 1.13 bits per heavy atom. The number of halogens is 1. The summed E-state index contributed by atoms with van der Waals surface area (Å²) < 4.78 is 12.7. The molecule has 6 rings (SSSR count). The third-order valence-electron chi connectivity index (χ3n) is 6.81. The normalized spacial score (nSPS) is 17.1. The van der Waals surface area contributed by atoms with Crippen LogP contribution in [0.1, 0.15) is 43.5 Å². The summed E-state index contributed by atoms with van der Waals surface area (Å²) >= 11 is 6.12. The molecule has 1 atom stereocenters. The van der Waals surface area contributed by atoms with Crippen LogP contribution in [0, 0.1) is 5.41 Å². The number of hydrogen-bond acceptors (Lipinski definition) is 11. The van der Waals surface area contributed by atoms with Crippen molar-refractivity contribution in [2.24, 2.45) is 5.41 Å². The summed E-state index contributed by atoms with van der Waals surface area (Å²) in [5.74, 6) is 0.783. The zero-order valence-electron chi connectivity index (χ0n) is 21.8. The van der Waals surface area contributed by atoms with E-state index in [1.54, 1.807) is 39.4 Å². The van der Waals surface area contributed by atoms with Crippen molar-refractivity contribution in [1.29, 1.82) is 0 Å². The lowest BCUT2D eigenvalue weighted by Gasteiger charge is -2.36. The van der Waals surface area contributed by atoms with Gasteiger partial charge in [0.2, 0.25) is 5.95 Å². The fourth-order valence-corrected chi connectivity index (χ4v) is 4.77. The van der Waals surface area contributed by atoms with Gasteiger partial charge in [0.05, 0.1) is 22.9 Å². The molecule has 0 amide bonds. The summed E-state index contributed by atoms with van der Waals surface area (Å²) in [6.07, 6.45) is 6.93. The van der Waals surface area contributed by atoms with Crippen molar-refractivity contribution in [2.45, 2.75) is 52.3 Å². The molecule has 0 bridgehead atoms. The molecule has 1 fully saturated rings. The number of carbonyl (C=O) groups is 1. The minimum atomic E-state index is -0.565. The minimum absolute atomic E-state index is 0.0338. The first-order valence-electron chi connectivity index (χ1n) is 12.7. The van der Waals surface area contributed by atoms with Crippen molar-refractivity contribution < 1.29 is 13.9 Å². The molecule has 39 heavy (non-hydrogen) atoms. The van der Waals surface area contributed by atoms with Crippen LogP contribution in [0.3, 0.4) is 0 Å². The van der Waals surface area contributed by atoms with Crippen LogP contribution < -0.4 is 10.2 Å².